The van der Waals surface area contributed by atoms with Gasteiger partial charge in [0.2, 0.25) is 5.91 Å². The number of benzene rings is 1. The van der Waals surface area contributed by atoms with E-state index in [2.05, 4.69) is 4.74 Å². The zero-order valence-corrected chi connectivity index (χ0v) is 16.2. The van der Waals surface area contributed by atoms with Crippen molar-refractivity contribution in [2.45, 2.75) is 31.9 Å². The number of hydrogen-bond acceptors (Lipinski definition) is 5. The van der Waals surface area contributed by atoms with Gasteiger partial charge in [-0.25, -0.2) is 0 Å². The Morgan fingerprint density at radius 1 is 1.10 bits per heavy atom. The first-order valence-electron chi connectivity index (χ1n) is 9.72. The summed E-state index contributed by atoms with van der Waals surface area (Å²) in [6.07, 6.45) is -1.72. The first kappa shape index (κ1) is 21.8. The maximum Gasteiger partial charge on any atom is 0.422 e. The third-order valence-electron chi connectivity index (χ3n) is 5.35. The van der Waals surface area contributed by atoms with Gasteiger partial charge in [0.15, 0.2) is 6.61 Å². The molecule has 0 radical (unpaired) electrons. The third-order valence-corrected chi connectivity index (χ3v) is 5.35. The minimum absolute atomic E-state index is 0.0770. The lowest BCUT2D eigenvalue weighted by atomic mass is 9.94. The minimum Gasteiger partial charge on any atom is -0.484 e. The fraction of sp³-hybridized carbons (Fsp3) is 0.579. The molecule has 2 fully saturated rings. The number of alkyl halides is 3. The van der Waals surface area contributed by atoms with Crippen LogP contribution in [0.4, 0.5) is 18.9 Å². The second-order valence-electron chi connectivity index (χ2n) is 7.44. The molecule has 0 N–H and O–H groups in total. The van der Waals surface area contributed by atoms with Crippen LogP contribution < -0.4 is 4.74 Å². The molecule has 8 nitrogen and oxygen atoms in total. The largest absolute Gasteiger partial charge is 0.484 e. The molecule has 164 valence electrons. The Morgan fingerprint density at radius 2 is 1.73 bits per heavy atom. The molecule has 3 rings (SSSR count). The van der Waals surface area contributed by atoms with Crippen molar-refractivity contribution in [3.63, 3.8) is 0 Å². The summed E-state index contributed by atoms with van der Waals surface area (Å²) in [4.78, 5) is 39.1. The molecule has 1 aromatic rings. The van der Waals surface area contributed by atoms with Crippen molar-refractivity contribution in [2.75, 3.05) is 32.8 Å². The minimum atomic E-state index is -4.57. The van der Waals surface area contributed by atoms with Gasteiger partial charge in [-0.05, 0) is 37.8 Å². The average Bonchev–Trinajstić information content (AvgIpc) is 3.25. The Bertz CT molecular complexity index is 816. The van der Waals surface area contributed by atoms with Gasteiger partial charge in [-0.15, -0.1) is 0 Å². The summed E-state index contributed by atoms with van der Waals surface area (Å²) in [5, 5.41) is 11.3. The maximum absolute atomic E-state index is 12.9. The van der Waals surface area contributed by atoms with Gasteiger partial charge in [0, 0.05) is 38.2 Å². The summed E-state index contributed by atoms with van der Waals surface area (Å²) in [7, 11) is 0. The lowest BCUT2D eigenvalue weighted by Gasteiger charge is -2.33. The van der Waals surface area contributed by atoms with Gasteiger partial charge in [-0.1, -0.05) is 0 Å². The van der Waals surface area contributed by atoms with Crippen LogP contribution in [0.15, 0.2) is 18.2 Å². The Balaban J connectivity index is 1.69. The molecule has 30 heavy (non-hydrogen) atoms. The van der Waals surface area contributed by atoms with Crippen LogP contribution >= 0.6 is 0 Å². The predicted molar refractivity (Wildman–Crippen MR) is 99.1 cm³/mol. The van der Waals surface area contributed by atoms with Gasteiger partial charge < -0.3 is 14.5 Å². The number of nitro benzene ring substituents is 1. The van der Waals surface area contributed by atoms with Crippen LogP contribution in [0.25, 0.3) is 0 Å². The second kappa shape index (κ2) is 8.88. The number of hydrogen-bond donors (Lipinski definition) is 0. The summed E-state index contributed by atoms with van der Waals surface area (Å²) >= 11 is 0. The van der Waals surface area contributed by atoms with Gasteiger partial charge in [0.25, 0.3) is 11.6 Å². The quantitative estimate of drug-likeness (QED) is 0.530. The lowest BCUT2D eigenvalue weighted by molar-refractivity contribution is -0.385. The Morgan fingerprint density at radius 3 is 2.30 bits per heavy atom. The van der Waals surface area contributed by atoms with Crippen molar-refractivity contribution in [3.8, 4) is 5.75 Å². The number of carbonyl (C=O) groups excluding carboxylic acids is 2. The Kier molecular flexibility index (Phi) is 6.47. The van der Waals surface area contributed by atoms with E-state index in [4.69, 9.17) is 0 Å². The van der Waals surface area contributed by atoms with Gasteiger partial charge in [0.1, 0.15) is 11.3 Å². The summed E-state index contributed by atoms with van der Waals surface area (Å²) in [5.74, 6) is -1.05. The van der Waals surface area contributed by atoms with Gasteiger partial charge in [-0.3, -0.25) is 19.7 Å². The van der Waals surface area contributed by atoms with Crippen molar-refractivity contribution in [3.05, 3.63) is 33.9 Å². The highest BCUT2D eigenvalue weighted by Crippen LogP contribution is 2.29. The van der Waals surface area contributed by atoms with Gasteiger partial charge in [-0.2, -0.15) is 13.2 Å². The van der Waals surface area contributed by atoms with E-state index in [1.807, 2.05) is 4.90 Å². The SMILES string of the molecule is O=C(c1cc(OCC(F)(F)F)ccc1[N+](=O)[O-])N1CCC(C(=O)N2CCCC2)CC1. The molecule has 2 amide bonds. The van der Waals surface area contributed by atoms with Crippen LogP contribution in [0.3, 0.4) is 0 Å². The molecule has 0 atom stereocenters. The summed E-state index contributed by atoms with van der Waals surface area (Å²) in [5.41, 5.74) is -0.835. The van der Waals surface area contributed by atoms with Crippen LogP contribution in [-0.4, -0.2) is 65.5 Å². The van der Waals surface area contributed by atoms with Crippen LogP contribution in [0.2, 0.25) is 0 Å². The van der Waals surface area contributed by atoms with Crippen LogP contribution in [0.5, 0.6) is 5.75 Å². The number of nitro groups is 1. The molecular weight excluding hydrogens is 407 g/mol. The zero-order valence-electron chi connectivity index (χ0n) is 16.2. The van der Waals surface area contributed by atoms with Crippen LogP contribution in [-0.2, 0) is 4.79 Å². The van der Waals surface area contributed by atoms with Crippen molar-refractivity contribution < 1.29 is 32.4 Å². The fourth-order valence-electron chi connectivity index (χ4n) is 3.80. The molecule has 2 saturated heterocycles. The number of nitrogens with zero attached hydrogens (tertiary/aromatic N) is 3. The molecule has 2 heterocycles. The maximum atomic E-state index is 12.9. The highest BCUT2D eigenvalue weighted by atomic mass is 19.4. The van der Waals surface area contributed by atoms with Crippen LogP contribution in [0, 0.1) is 16.0 Å². The summed E-state index contributed by atoms with van der Waals surface area (Å²) in [6, 6.07) is 2.96. The smallest absolute Gasteiger partial charge is 0.422 e. The van der Waals surface area contributed by atoms with E-state index in [9.17, 15) is 32.9 Å². The zero-order chi connectivity index (χ0) is 21.9. The number of rotatable bonds is 5. The highest BCUT2D eigenvalue weighted by molar-refractivity contribution is 5.98. The van der Waals surface area contributed by atoms with Gasteiger partial charge in [0.05, 0.1) is 4.92 Å². The second-order valence-corrected chi connectivity index (χ2v) is 7.44. The molecule has 0 aliphatic carbocycles. The first-order chi connectivity index (χ1) is 14.2. The average molecular weight is 429 g/mol. The topological polar surface area (TPSA) is 93.0 Å². The molecule has 0 spiro atoms. The van der Waals surface area contributed by atoms with E-state index >= 15 is 0 Å². The summed E-state index contributed by atoms with van der Waals surface area (Å²) < 4.78 is 41.7. The number of amides is 2. The van der Waals surface area contributed by atoms with E-state index in [1.54, 1.807) is 0 Å². The monoisotopic (exact) mass is 429 g/mol. The van der Waals surface area contributed by atoms with E-state index in [1.165, 1.54) is 4.90 Å². The summed E-state index contributed by atoms with van der Waals surface area (Å²) in [6.45, 7) is 0.411. The fourth-order valence-corrected chi connectivity index (χ4v) is 3.80. The molecule has 2 aliphatic heterocycles. The number of likely N-dealkylation sites (tertiary alicyclic amines) is 2. The molecule has 1 aromatic carbocycles. The van der Waals surface area contributed by atoms with E-state index in [0.717, 1.165) is 44.1 Å². The molecule has 2 aliphatic rings. The van der Waals surface area contributed by atoms with E-state index in [0.29, 0.717) is 12.8 Å². The molecule has 0 saturated carbocycles. The lowest BCUT2D eigenvalue weighted by Crippen LogP contribution is -2.43. The Hall–Kier alpha value is -2.85. The van der Waals surface area contributed by atoms with E-state index < -0.39 is 29.3 Å². The Labute approximate surface area is 170 Å². The number of halogens is 3. The molecule has 0 bridgehead atoms. The van der Waals surface area contributed by atoms with Crippen molar-refractivity contribution in [1.29, 1.82) is 0 Å². The van der Waals surface area contributed by atoms with Crippen molar-refractivity contribution >= 4 is 17.5 Å². The van der Waals surface area contributed by atoms with E-state index in [-0.39, 0.29) is 36.2 Å². The number of carbonyl (C=O) groups is 2. The highest BCUT2D eigenvalue weighted by Gasteiger charge is 2.34. The normalized spacial score (nSPS) is 17.8. The standard InChI is InChI=1S/C19H22F3N3O5/c20-19(21,22)12-30-14-3-4-16(25(28)29)15(11-14)18(27)24-9-5-13(6-10-24)17(26)23-7-1-2-8-23/h3-4,11,13H,1-2,5-10,12H2. The third kappa shape index (κ3) is 5.19. The van der Waals surface area contributed by atoms with Crippen LogP contribution in [0.1, 0.15) is 36.0 Å². The van der Waals surface area contributed by atoms with Crippen molar-refractivity contribution in [1.82, 2.24) is 9.80 Å². The first-order valence-corrected chi connectivity index (χ1v) is 9.72. The van der Waals surface area contributed by atoms with Crippen molar-refractivity contribution in [2.24, 2.45) is 5.92 Å². The number of piperidine rings is 1. The molecule has 0 aromatic heterocycles. The van der Waals surface area contributed by atoms with Gasteiger partial charge >= 0.3 is 6.18 Å². The number of ether oxygens (including phenoxy) is 1. The molecular formula is C19H22F3N3O5. The molecule has 0 unspecified atom stereocenters. The predicted octanol–water partition coefficient (Wildman–Crippen LogP) is 3.01. The molecule has 11 heteroatoms.